The van der Waals surface area contributed by atoms with E-state index in [1.165, 1.54) is 17.5 Å². The van der Waals surface area contributed by atoms with Crippen molar-refractivity contribution in [1.82, 2.24) is 15.5 Å². The fraction of sp³-hybridized carbons (Fsp3) is 0.263. The van der Waals surface area contributed by atoms with E-state index in [1.54, 1.807) is 18.3 Å². The number of allylic oxidation sites excluding steroid dienone is 2. The average Bonchev–Trinajstić information content (AvgIpc) is 3.00. The molecule has 0 fully saturated rings. The number of benzene rings is 1. The molecule has 5 heteroatoms. The van der Waals surface area contributed by atoms with Crippen molar-refractivity contribution < 1.29 is 0 Å². The van der Waals surface area contributed by atoms with E-state index >= 15 is 0 Å². The minimum atomic E-state index is 0.763. The average molecular weight is 323 g/mol. The van der Waals surface area contributed by atoms with E-state index < -0.39 is 0 Å². The number of hydrazine groups is 2. The molecule has 1 aromatic carbocycles. The number of aromatic nitrogens is 2. The van der Waals surface area contributed by atoms with Crippen LogP contribution in [0.15, 0.2) is 49.7 Å². The Morgan fingerprint density at radius 3 is 2.58 bits per heavy atom. The topological polar surface area (TPSA) is 53.1 Å². The van der Waals surface area contributed by atoms with Gasteiger partial charge in [0.05, 0.1) is 11.9 Å². The lowest BCUT2D eigenvalue weighted by atomic mass is 10.0. The zero-order chi connectivity index (χ0) is 17.5. The maximum absolute atomic E-state index is 4.49. The predicted octanol–water partition coefficient (Wildman–Crippen LogP) is 4.39. The van der Waals surface area contributed by atoms with Crippen LogP contribution in [0.3, 0.4) is 0 Å². The van der Waals surface area contributed by atoms with E-state index in [0.717, 1.165) is 29.4 Å². The molecule has 24 heavy (non-hydrogen) atoms. The lowest BCUT2D eigenvalue weighted by Gasteiger charge is -2.18. The minimum absolute atomic E-state index is 0.763. The normalized spacial score (nSPS) is 11.9. The highest BCUT2D eigenvalue weighted by atomic mass is 15.7. The predicted molar refractivity (Wildman–Crippen MR) is 101 cm³/mol. The van der Waals surface area contributed by atoms with Crippen molar-refractivity contribution in [3.8, 4) is 0 Å². The minimum Gasteiger partial charge on any atom is -0.298 e. The molecule has 0 aliphatic carbocycles. The van der Waals surface area contributed by atoms with Crippen LogP contribution in [0.5, 0.6) is 0 Å². The fourth-order valence-electron chi connectivity index (χ4n) is 2.44. The highest BCUT2D eigenvalue weighted by Crippen LogP contribution is 2.32. The number of anilines is 3. The second kappa shape index (κ2) is 8.26. The van der Waals surface area contributed by atoms with E-state index in [2.05, 4.69) is 66.1 Å². The lowest BCUT2D eigenvalue weighted by molar-refractivity contribution is 0.847. The third-order valence-corrected chi connectivity index (χ3v) is 3.67. The van der Waals surface area contributed by atoms with Gasteiger partial charge >= 0.3 is 0 Å². The van der Waals surface area contributed by atoms with Crippen molar-refractivity contribution in [2.24, 2.45) is 0 Å². The van der Waals surface area contributed by atoms with Gasteiger partial charge in [0.1, 0.15) is 11.5 Å². The molecule has 1 aromatic heterocycles. The van der Waals surface area contributed by atoms with E-state index in [4.69, 9.17) is 0 Å². The molecule has 2 aromatic rings. The first-order chi connectivity index (χ1) is 11.6. The molecule has 0 saturated heterocycles. The summed E-state index contributed by atoms with van der Waals surface area (Å²) in [6.45, 7) is 13.0. The van der Waals surface area contributed by atoms with Crippen molar-refractivity contribution in [3.63, 3.8) is 0 Å². The number of fused-ring (bicyclic) bond motifs is 1. The molecule has 5 nitrogen and oxygen atoms in total. The Hall–Kier alpha value is -2.66. The smallest absolute Gasteiger partial charge is 0.177 e. The molecule has 3 rings (SSSR count). The van der Waals surface area contributed by atoms with Gasteiger partial charge in [-0.3, -0.25) is 5.43 Å². The lowest BCUT2D eigenvalue weighted by Crippen LogP contribution is -2.31. The van der Waals surface area contributed by atoms with Gasteiger partial charge in [-0.05, 0) is 43.5 Å². The third kappa shape index (κ3) is 4.00. The first-order valence-electron chi connectivity index (χ1n) is 8.09. The quantitative estimate of drug-likeness (QED) is 0.817. The van der Waals surface area contributed by atoms with Crippen LogP contribution in [-0.2, 0) is 6.42 Å². The Morgan fingerprint density at radius 1 is 1.21 bits per heavy atom. The molecule has 0 amide bonds. The molecule has 0 unspecified atom stereocenters. The van der Waals surface area contributed by atoms with Crippen molar-refractivity contribution in [1.29, 1.82) is 0 Å². The summed E-state index contributed by atoms with van der Waals surface area (Å²) in [5.74, 6) is 1.62. The largest absolute Gasteiger partial charge is 0.298 e. The van der Waals surface area contributed by atoms with E-state index in [9.17, 15) is 0 Å². The number of nitrogens with zero attached hydrogens (tertiary/aromatic N) is 3. The van der Waals surface area contributed by atoms with Crippen molar-refractivity contribution in [2.75, 3.05) is 10.4 Å². The first kappa shape index (κ1) is 17.7. The molecule has 0 spiro atoms. The molecule has 2 heterocycles. The van der Waals surface area contributed by atoms with Gasteiger partial charge in [-0.1, -0.05) is 44.7 Å². The van der Waals surface area contributed by atoms with Crippen LogP contribution in [0, 0.1) is 13.8 Å². The Morgan fingerprint density at radius 2 is 1.96 bits per heavy atom. The summed E-state index contributed by atoms with van der Waals surface area (Å²) in [6.07, 6.45) is 7.36. The maximum Gasteiger partial charge on any atom is 0.177 e. The fourth-order valence-corrected chi connectivity index (χ4v) is 2.44. The Balaban J connectivity index is 0.000000471. The van der Waals surface area contributed by atoms with Gasteiger partial charge in [-0.25, -0.2) is 15.0 Å². The van der Waals surface area contributed by atoms with Gasteiger partial charge in [-0.2, -0.15) is 0 Å². The standard InChI is InChI=1S/C15H19N5.C4H6/c1-4-5-12-6-7-13(8-10(12)2)20-15-14(18-19-20)9-16-11(3)17-15;1-3-4-2/h6-9,18-19H,4-5H2,1-3H3;3-4H,1-2H2. The summed E-state index contributed by atoms with van der Waals surface area (Å²) in [5, 5.41) is 1.95. The van der Waals surface area contributed by atoms with Gasteiger partial charge in [0.25, 0.3) is 0 Å². The van der Waals surface area contributed by atoms with Gasteiger partial charge < -0.3 is 0 Å². The van der Waals surface area contributed by atoms with Gasteiger partial charge in [-0.15, -0.1) is 5.53 Å². The van der Waals surface area contributed by atoms with E-state index in [0.29, 0.717) is 0 Å². The van der Waals surface area contributed by atoms with Crippen LogP contribution in [0.25, 0.3) is 0 Å². The number of hydrogen-bond donors (Lipinski definition) is 2. The molecule has 1 aliphatic heterocycles. The van der Waals surface area contributed by atoms with Crippen LogP contribution in [0.2, 0.25) is 0 Å². The summed E-state index contributed by atoms with van der Waals surface area (Å²) >= 11 is 0. The Labute approximate surface area is 144 Å². The first-order valence-corrected chi connectivity index (χ1v) is 8.09. The van der Waals surface area contributed by atoms with Crippen molar-refractivity contribution in [3.05, 3.63) is 66.7 Å². The monoisotopic (exact) mass is 323 g/mol. The number of nitrogens with one attached hydrogen (secondary N) is 2. The molecular weight excluding hydrogens is 298 g/mol. The van der Waals surface area contributed by atoms with Crippen molar-refractivity contribution >= 4 is 17.2 Å². The Kier molecular flexibility index (Phi) is 6.09. The molecule has 0 saturated carbocycles. The van der Waals surface area contributed by atoms with Crippen LogP contribution < -0.4 is 16.0 Å². The van der Waals surface area contributed by atoms with Crippen LogP contribution in [-0.4, -0.2) is 9.97 Å². The summed E-state index contributed by atoms with van der Waals surface area (Å²) < 4.78 is 0. The van der Waals surface area contributed by atoms with Gasteiger partial charge in [0.2, 0.25) is 0 Å². The molecule has 0 atom stereocenters. The third-order valence-electron chi connectivity index (χ3n) is 3.67. The van der Waals surface area contributed by atoms with Gasteiger partial charge in [0.15, 0.2) is 5.82 Å². The Bertz CT molecular complexity index is 718. The summed E-state index contributed by atoms with van der Waals surface area (Å²) in [4.78, 5) is 8.68. The number of aryl methyl sites for hydroxylation is 3. The molecular formula is C19H25N5. The molecule has 126 valence electrons. The molecule has 0 radical (unpaired) electrons. The second-order valence-electron chi connectivity index (χ2n) is 5.56. The van der Waals surface area contributed by atoms with Crippen LogP contribution in [0.4, 0.5) is 17.2 Å². The van der Waals surface area contributed by atoms with Crippen LogP contribution in [0.1, 0.15) is 30.3 Å². The zero-order valence-corrected chi connectivity index (χ0v) is 14.6. The zero-order valence-electron chi connectivity index (χ0n) is 14.6. The summed E-state index contributed by atoms with van der Waals surface area (Å²) in [6, 6.07) is 6.51. The summed E-state index contributed by atoms with van der Waals surface area (Å²) in [7, 11) is 0. The SMILES string of the molecule is C=CC=C.CCCc1ccc(N2NNc3cnc(C)nc32)cc1C. The number of rotatable bonds is 4. The van der Waals surface area contributed by atoms with Crippen molar-refractivity contribution in [2.45, 2.75) is 33.6 Å². The highest BCUT2D eigenvalue weighted by Gasteiger charge is 2.22. The molecule has 2 N–H and O–H groups in total. The highest BCUT2D eigenvalue weighted by molar-refractivity contribution is 5.75. The molecule has 0 bridgehead atoms. The number of hydrogen-bond acceptors (Lipinski definition) is 5. The second-order valence-corrected chi connectivity index (χ2v) is 5.56. The van der Waals surface area contributed by atoms with Gasteiger partial charge in [0, 0.05) is 0 Å². The van der Waals surface area contributed by atoms with E-state index in [-0.39, 0.29) is 0 Å². The van der Waals surface area contributed by atoms with Crippen LogP contribution >= 0.6 is 0 Å². The summed E-state index contributed by atoms with van der Waals surface area (Å²) in [5.41, 5.74) is 10.9. The van der Waals surface area contributed by atoms with E-state index in [1.807, 2.05) is 11.9 Å². The maximum atomic E-state index is 4.49. The molecule has 1 aliphatic rings.